The predicted molar refractivity (Wildman–Crippen MR) is 161 cm³/mol. The van der Waals surface area contributed by atoms with Crippen LogP contribution in [0.15, 0.2) is 107 Å². The van der Waals surface area contributed by atoms with Crippen molar-refractivity contribution < 1.29 is 22.7 Å². The molecule has 1 amide bonds. The minimum Gasteiger partial charge on any atom is -0.490 e. The molecule has 1 N–H and O–H groups in total. The van der Waals surface area contributed by atoms with Crippen molar-refractivity contribution in [3.8, 4) is 11.5 Å². The third-order valence-corrected chi connectivity index (χ3v) is 7.96. The average molecular weight is 592 g/mol. The van der Waals surface area contributed by atoms with Gasteiger partial charge in [0.25, 0.3) is 15.9 Å². The number of nitrogens with one attached hydrogen (secondary N) is 1. The van der Waals surface area contributed by atoms with Crippen LogP contribution >= 0.6 is 11.6 Å². The van der Waals surface area contributed by atoms with E-state index in [1.54, 1.807) is 61.5 Å². The van der Waals surface area contributed by atoms with Crippen LogP contribution in [0.5, 0.6) is 11.5 Å². The standard InChI is InChI=1S/C31H30ClN3O5S/c1-3-39-30-19-25(14-17-29(30)40-22-24-10-6-4-7-11-24)20-33-34-31(36)21-35(28-16-15-26(32)18-23(28)2)41(37,38)27-12-8-5-9-13-27/h4-20H,3,21-22H2,1-2H3,(H,34,36)/b33-20+. The molecule has 0 unspecified atom stereocenters. The number of rotatable bonds is 12. The summed E-state index contributed by atoms with van der Waals surface area (Å²) in [7, 11) is -4.06. The van der Waals surface area contributed by atoms with Gasteiger partial charge in [0.15, 0.2) is 11.5 Å². The molecule has 0 aliphatic carbocycles. The third kappa shape index (κ3) is 7.87. The summed E-state index contributed by atoms with van der Waals surface area (Å²) in [6, 6.07) is 27.8. The zero-order valence-corrected chi connectivity index (χ0v) is 24.2. The molecule has 0 bridgehead atoms. The van der Waals surface area contributed by atoms with Crippen LogP contribution < -0.4 is 19.2 Å². The van der Waals surface area contributed by atoms with Gasteiger partial charge in [-0.15, -0.1) is 0 Å². The number of sulfonamides is 1. The third-order valence-electron chi connectivity index (χ3n) is 5.95. The lowest BCUT2D eigenvalue weighted by atomic mass is 10.2. The molecule has 212 valence electrons. The fourth-order valence-electron chi connectivity index (χ4n) is 3.99. The molecule has 4 aromatic rings. The Labute approximate surface area is 245 Å². The predicted octanol–water partition coefficient (Wildman–Crippen LogP) is 5.97. The van der Waals surface area contributed by atoms with E-state index in [4.69, 9.17) is 21.1 Å². The van der Waals surface area contributed by atoms with Gasteiger partial charge >= 0.3 is 0 Å². The van der Waals surface area contributed by atoms with Gasteiger partial charge in [-0.2, -0.15) is 5.10 Å². The van der Waals surface area contributed by atoms with Gasteiger partial charge in [0, 0.05) is 5.02 Å². The second kappa shape index (κ2) is 13.8. The molecule has 0 aliphatic rings. The van der Waals surface area contributed by atoms with E-state index in [0.29, 0.717) is 46.5 Å². The summed E-state index contributed by atoms with van der Waals surface area (Å²) in [5.74, 6) is 0.497. The number of nitrogens with zero attached hydrogens (tertiary/aromatic N) is 2. The van der Waals surface area contributed by atoms with Crippen LogP contribution in [0.25, 0.3) is 0 Å². The van der Waals surface area contributed by atoms with E-state index >= 15 is 0 Å². The number of hydrogen-bond acceptors (Lipinski definition) is 6. The van der Waals surface area contributed by atoms with Crippen molar-refractivity contribution in [2.75, 3.05) is 17.5 Å². The van der Waals surface area contributed by atoms with Crippen molar-refractivity contribution >= 4 is 39.4 Å². The lowest BCUT2D eigenvalue weighted by Gasteiger charge is -2.25. The van der Waals surface area contributed by atoms with E-state index in [1.807, 2.05) is 37.3 Å². The molecule has 0 fully saturated rings. The summed E-state index contributed by atoms with van der Waals surface area (Å²) >= 11 is 6.09. The van der Waals surface area contributed by atoms with Crippen LogP contribution in [0.1, 0.15) is 23.6 Å². The summed E-state index contributed by atoms with van der Waals surface area (Å²) in [5.41, 5.74) is 5.05. The number of ether oxygens (including phenoxy) is 2. The highest BCUT2D eigenvalue weighted by atomic mass is 35.5. The van der Waals surface area contributed by atoms with E-state index in [9.17, 15) is 13.2 Å². The van der Waals surface area contributed by atoms with E-state index in [-0.39, 0.29) is 4.90 Å². The SMILES string of the molecule is CCOc1cc(/C=N/NC(=O)CN(c2ccc(Cl)cc2C)S(=O)(=O)c2ccccc2)ccc1OCc1ccccc1. The van der Waals surface area contributed by atoms with Crippen molar-refractivity contribution in [2.24, 2.45) is 5.10 Å². The lowest BCUT2D eigenvalue weighted by Crippen LogP contribution is -2.40. The number of hydrogen-bond donors (Lipinski definition) is 1. The zero-order valence-electron chi connectivity index (χ0n) is 22.7. The molecular weight excluding hydrogens is 562 g/mol. The lowest BCUT2D eigenvalue weighted by molar-refractivity contribution is -0.119. The van der Waals surface area contributed by atoms with Crippen molar-refractivity contribution in [3.63, 3.8) is 0 Å². The quantitative estimate of drug-likeness (QED) is 0.162. The maximum absolute atomic E-state index is 13.5. The van der Waals surface area contributed by atoms with Crippen molar-refractivity contribution in [3.05, 3.63) is 119 Å². The summed E-state index contributed by atoms with van der Waals surface area (Å²) in [4.78, 5) is 13.0. The van der Waals surface area contributed by atoms with Gasteiger partial charge in [0.05, 0.1) is 23.4 Å². The minimum atomic E-state index is -4.06. The Balaban J connectivity index is 1.48. The molecule has 8 nitrogen and oxygen atoms in total. The number of benzene rings is 4. The fraction of sp³-hybridized carbons (Fsp3) is 0.161. The molecule has 10 heteroatoms. The Morgan fingerprint density at radius 3 is 2.32 bits per heavy atom. The molecule has 0 atom stereocenters. The summed E-state index contributed by atoms with van der Waals surface area (Å²) in [6.45, 7) is 3.94. The number of amides is 1. The highest BCUT2D eigenvalue weighted by Crippen LogP contribution is 2.30. The van der Waals surface area contributed by atoms with Gasteiger partial charge < -0.3 is 9.47 Å². The first kappa shape index (κ1) is 29.6. The molecule has 0 saturated heterocycles. The molecule has 0 aromatic heterocycles. The van der Waals surface area contributed by atoms with Crippen LogP contribution in [0.2, 0.25) is 5.02 Å². The monoisotopic (exact) mass is 591 g/mol. The number of hydrazone groups is 1. The maximum Gasteiger partial charge on any atom is 0.264 e. The van der Waals surface area contributed by atoms with Crippen LogP contribution in [0.4, 0.5) is 5.69 Å². The number of carbonyl (C=O) groups excluding carboxylic acids is 1. The van der Waals surface area contributed by atoms with E-state index < -0.39 is 22.5 Å². The molecule has 4 rings (SSSR count). The first-order valence-corrected chi connectivity index (χ1v) is 14.7. The van der Waals surface area contributed by atoms with Crippen LogP contribution in [0, 0.1) is 6.92 Å². The fourth-order valence-corrected chi connectivity index (χ4v) is 5.72. The van der Waals surface area contributed by atoms with Crippen LogP contribution in [0.3, 0.4) is 0 Å². The molecule has 0 spiro atoms. The second-order valence-corrected chi connectivity index (χ2v) is 11.3. The first-order chi connectivity index (χ1) is 19.8. The van der Waals surface area contributed by atoms with Crippen molar-refractivity contribution in [2.45, 2.75) is 25.3 Å². The van der Waals surface area contributed by atoms with Crippen LogP contribution in [-0.2, 0) is 21.4 Å². The molecule has 0 saturated carbocycles. The number of aryl methyl sites for hydroxylation is 1. The summed E-state index contributed by atoms with van der Waals surface area (Å²) < 4.78 is 39.8. The Kier molecular flexibility index (Phi) is 10.00. The molecule has 0 radical (unpaired) electrons. The van der Waals surface area contributed by atoms with Crippen molar-refractivity contribution in [1.29, 1.82) is 0 Å². The highest BCUT2D eigenvalue weighted by molar-refractivity contribution is 7.92. The minimum absolute atomic E-state index is 0.0590. The first-order valence-electron chi connectivity index (χ1n) is 12.9. The Morgan fingerprint density at radius 1 is 0.927 bits per heavy atom. The zero-order chi connectivity index (χ0) is 29.2. The normalized spacial score (nSPS) is 11.3. The molecule has 4 aromatic carbocycles. The Bertz CT molecular complexity index is 1610. The van der Waals surface area contributed by atoms with Gasteiger partial charge in [-0.25, -0.2) is 13.8 Å². The highest BCUT2D eigenvalue weighted by Gasteiger charge is 2.28. The van der Waals surface area contributed by atoms with E-state index in [0.717, 1.165) is 9.87 Å². The maximum atomic E-state index is 13.5. The van der Waals surface area contributed by atoms with Gasteiger partial charge in [0.1, 0.15) is 13.2 Å². The molecule has 41 heavy (non-hydrogen) atoms. The van der Waals surface area contributed by atoms with Gasteiger partial charge in [-0.05, 0) is 79.1 Å². The summed E-state index contributed by atoms with van der Waals surface area (Å²) in [5, 5.41) is 4.50. The average Bonchev–Trinajstić information content (AvgIpc) is 2.97. The Hall–Kier alpha value is -4.34. The van der Waals surface area contributed by atoms with Gasteiger partial charge in [-0.3, -0.25) is 9.10 Å². The number of halogens is 1. The Morgan fingerprint density at radius 2 is 1.63 bits per heavy atom. The van der Waals surface area contributed by atoms with E-state index in [1.165, 1.54) is 18.3 Å². The molecule has 0 aliphatic heterocycles. The van der Waals surface area contributed by atoms with Gasteiger partial charge in [0.2, 0.25) is 0 Å². The summed E-state index contributed by atoms with van der Waals surface area (Å²) in [6.07, 6.45) is 1.45. The van der Waals surface area contributed by atoms with E-state index in [2.05, 4.69) is 10.5 Å². The number of anilines is 1. The largest absolute Gasteiger partial charge is 0.490 e. The van der Waals surface area contributed by atoms with Crippen molar-refractivity contribution in [1.82, 2.24) is 5.43 Å². The number of carbonyl (C=O) groups is 1. The van der Waals surface area contributed by atoms with Gasteiger partial charge in [-0.1, -0.05) is 60.1 Å². The smallest absolute Gasteiger partial charge is 0.264 e. The van der Waals surface area contributed by atoms with Crippen LogP contribution in [-0.4, -0.2) is 33.7 Å². The topological polar surface area (TPSA) is 97.3 Å². The molecular formula is C31H30ClN3O5S. The molecule has 0 heterocycles. The second-order valence-electron chi connectivity index (χ2n) is 8.96.